The standard InChI is InChI=1S/C19H20FN7O/c1-11(2)28-17-8-16(25-26-17)23-19-21-9-15-18(24-19)27(10-22-15)12(3)13-4-6-14(20)7-5-13/h4-12H,1-3H3,(H2,21,23,24,25,26)/t12-/m0/s1. The molecule has 0 saturated heterocycles. The molecule has 0 radical (unpaired) electrons. The van der Waals surface area contributed by atoms with Crippen molar-refractivity contribution in [2.24, 2.45) is 0 Å². The maximum Gasteiger partial charge on any atom is 0.230 e. The molecule has 144 valence electrons. The summed E-state index contributed by atoms with van der Waals surface area (Å²) in [5, 5.41) is 10.0. The van der Waals surface area contributed by atoms with Crippen molar-refractivity contribution in [2.45, 2.75) is 32.9 Å². The highest BCUT2D eigenvalue weighted by atomic mass is 19.1. The summed E-state index contributed by atoms with van der Waals surface area (Å²) in [5.74, 6) is 1.24. The zero-order valence-electron chi connectivity index (χ0n) is 15.7. The zero-order chi connectivity index (χ0) is 19.7. The lowest BCUT2D eigenvalue weighted by Gasteiger charge is -2.14. The third kappa shape index (κ3) is 3.64. The second-order valence-electron chi connectivity index (χ2n) is 6.69. The molecule has 9 heteroatoms. The quantitative estimate of drug-likeness (QED) is 0.527. The van der Waals surface area contributed by atoms with Gasteiger partial charge in [0, 0.05) is 6.07 Å². The molecular formula is C19H20FN7O. The first kappa shape index (κ1) is 17.9. The van der Waals surface area contributed by atoms with E-state index in [-0.39, 0.29) is 18.0 Å². The van der Waals surface area contributed by atoms with E-state index in [1.807, 2.05) is 25.3 Å². The number of benzene rings is 1. The van der Waals surface area contributed by atoms with Gasteiger partial charge in [-0.3, -0.25) is 0 Å². The van der Waals surface area contributed by atoms with Crippen molar-refractivity contribution in [3.05, 3.63) is 54.2 Å². The van der Waals surface area contributed by atoms with Gasteiger partial charge in [-0.05, 0) is 38.5 Å². The Hall–Kier alpha value is -3.49. The molecule has 0 aliphatic heterocycles. The van der Waals surface area contributed by atoms with Crippen molar-refractivity contribution in [1.29, 1.82) is 0 Å². The normalized spacial score (nSPS) is 12.5. The van der Waals surface area contributed by atoms with E-state index >= 15 is 0 Å². The van der Waals surface area contributed by atoms with Crippen molar-refractivity contribution in [3.8, 4) is 5.88 Å². The second kappa shape index (κ2) is 7.26. The monoisotopic (exact) mass is 381 g/mol. The number of ether oxygens (including phenoxy) is 1. The number of anilines is 2. The number of H-pyrrole nitrogens is 1. The van der Waals surface area contributed by atoms with Gasteiger partial charge in [-0.25, -0.2) is 19.5 Å². The first-order valence-corrected chi connectivity index (χ1v) is 8.93. The van der Waals surface area contributed by atoms with Gasteiger partial charge in [0.1, 0.15) is 11.3 Å². The maximum atomic E-state index is 13.2. The summed E-state index contributed by atoms with van der Waals surface area (Å²) in [5.41, 5.74) is 2.30. The number of nitrogens with one attached hydrogen (secondary N) is 2. The van der Waals surface area contributed by atoms with Crippen LogP contribution in [0.15, 0.2) is 42.9 Å². The highest BCUT2D eigenvalue weighted by Crippen LogP contribution is 2.24. The van der Waals surface area contributed by atoms with E-state index < -0.39 is 0 Å². The van der Waals surface area contributed by atoms with Crippen LogP contribution in [0.5, 0.6) is 5.88 Å². The number of imidazole rings is 1. The summed E-state index contributed by atoms with van der Waals surface area (Å²) in [7, 11) is 0. The number of aromatic nitrogens is 6. The van der Waals surface area contributed by atoms with E-state index in [4.69, 9.17) is 4.74 Å². The van der Waals surface area contributed by atoms with Gasteiger partial charge in [-0.2, -0.15) is 10.1 Å². The van der Waals surface area contributed by atoms with Gasteiger partial charge in [0.05, 0.1) is 24.7 Å². The van der Waals surface area contributed by atoms with Crippen LogP contribution in [-0.2, 0) is 0 Å². The van der Waals surface area contributed by atoms with Crippen LogP contribution in [0.4, 0.5) is 16.2 Å². The zero-order valence-corrected chi connectivity index (χ0v) is 15.7. The van der Waals surface area contributed by atoms with Gasteiger partial charge in [0.2, 0.25) is 11.8 Å². The molecule has 0 aliphatic rings. The molecule has 1 atom stereocenters. The number of fused-ring (bicyclic) bond motifs is 1. The predicted molar refractivity (Wildman–Crippen MR) is 103 cm³/mol. The van der Waals surface area contributed by atoms with Gasteiger partial charge < -0.3 is 14.6 Å². The van der Waals surface area contributed by atoms with Gasteiger partial charge in [-0.15, -0.1) is 0 Å². The average Bonchev–Trinajstić information content (AvgIpc) is 3.28. The third-order valence-electron chi connectivity index (χ3n) is 4.24. The van der Waals surface area contributed by atoms with E-state index in [2.05, 4.69) is 30.5 Å². The summed E-state index contributed by atoms with van der Waals surface area (Å²) < 4.78 is 20.7. The number of halogens is 1. The van der Waals surface area contributed by atoms with E-state index in [0.29, 0.717) is 28.8 Å². The van der Waals surface area contributed by atoms with Crippen molar-refractivity contribution < 1.29 is 9.13 Å². The highest BCUT2D eigenvalue weighted by Gasteiger charge is 2.14. The van der Waals surface area contributed by atoms with E-state index in [9.17, 15) is 4.39 Å². The molecule has 8 nitrogen and oxygen atoms in total. The average molecular weight is 381 g/mol. The number of aromatic amines is 1. The molecule has 0 spiro atoms. The predicted octanol–water partition coefficient (Wildman–Crippen LogP) is 3.83. The van der Waals surface area contributed by atoms with E-state index in [1.54, 1.807) is 30.7 Å². The molecule has 4 aromatic rings. The summed E-state index contributed by atoms with van der Waals surface area (Å²) in [4.78, 5) is 13.2. The van der Waals surface area contributed by atoms with Crippen LogP contribution in [-0.4, -0.2) is 35.8 Å². The number of hydrogen-bond donors (Lipinski definition) is 2. The molecule has 0 aliphatic carbocycles. The lowest BCUT2D eigenvalue weighted by molar-refractivity contribution is 0.232. The lowest BCUT2D eigenvalue weighted by atomic mass is 10.1. The molecule has 4 rings (SSSR count). The molecule has 3 aromatic heterocycles. The SMILES string of the molecule is CC(C)Oc1cc(Nc2ncc3ncn([C@@H](C)c4ccc(F)cc4)c3n2)n[nH]1. The topological polar surface area (TPSA) is 93.5 Å². The Morgan fingerprint density at radius 3 is 2.68 bits per heavy atom. The summed E-state index contributed by atoms with van der Waals surface area (Å²) in [6.07, 6.45) is 3.40. The molecule has 0 unspecified atom stereocenters. The smallest absolute Gasteiger partial charge is 0.230 e. The molecule has 0 amide bonds. The molecule has 28 heavy (non-hydrogen) atoms. The summed E-state index contributed by atoms with van der Waals surface area (Å²) in [6.45, 7) is 5.88. The van der Waals surface area contributed by atoms with Gasteiger partial charge in [0.15, 0.2) is 11.5 Å². The molecule has 2 N–H and O–H groups in total. The largest absolute Gasteiger partial charge is 0.475 e. The van der Waals surface area contributed by atoms with E-state index in [1.165, 1.54) is 12.1 Å². The van der Waals surface area contributed by atoms with Crippen LogP contribution in [0.1, 0.15) is 32.4 Å². The number of rotatable bonds is 6. The Labute approximate surface area is 160 Å². The van der Waals surface area contributed by atoms with E-state index in [0.717, 1.165) is 5.56 Å². The Morgan fingerprint density at radius 2 is 1.93 bits per heavy atom. The Bertz CT molecular complexity index is 1090. The Balaban J connectivity index is 1.60. The maximum absolute atomic E-state index is 13.2. The highest BCUT2D eigenvalue weighted by molar-refractivity contribution is 5.72. The van der Waals surface area contributed by atoms with Gasteiger partial charge >= 0.3 is 0 Å². The molecule has 0 saturated carbocycles. The van der Waals surface area contributed by atoms with Crippen LogP contribution < -0.4 is 10.1 Å². The second-order valence-corrected chi connectivity index (χ2v) is 6.69. The van der Waals surface area contributed by atoms with Crippen LogP contribution in [0.3, 0.4) is 0 Å². The first-order valence-electron chi connectivity index (χ1n) is 8.93. The van der Waals surface area contributed by atoms with Crippen molar-refractivity contribution in [2.75, 3.05) is 5.32 Å². The fraction of sp³-hybridized carbons (Fsp3) is 0.263. The van der Waals surface area contributed by atoms with Crippen LogP contribution in [0.25, 0.3) is 11.2 Å². The minimum absolute atomic E-state index is 0.0446. The Morgan fingerprint density at radius 1 is 1.14 bits per heavy atom. The third-order valence-corrected chi connectivity index (χ3v) is 4.24. The number of hydrogen-bond acceptors (Lipinski definition) is 6. The first-order chi connectivity index (χ1) is 13.5. The van der Waals surface area contributed by atoms with Crippen LogP contribution in [0.2, 0.25) is 0 Å². The minimum atomic E-state index is -0.264. The number of nitrogens with zero attached hydrogens (tertiary/aromatic N) is 5. The van der Waals surface area contributed by atoms with Gasteiger partial charge in [0.25, 0.3) is 0 Å². The minimum Gasteiger partial charge on any atom is -0.475 e. The molecule has 3 heterocycles. The fourth-order valence-corrected chi connectivity index (χ4v) is 2.87. The van der Waals surface area contributed by atoms with Gasteiger partial charge in [-0.1, -0.05) is 12.1 Å². The van der Waals surface area contributed by atoms with Crippen LogP contribution >= 0.6 is 0 Å². The fourth-order valence-electron chi connectivity index (χ4n) is 2.87. The lowest BCUT2D eigenvalue weighted by Crippen LogP contribution is -2.07. The van der Waals surface area contributed by atoms with Crippen molar-refractivity contribution >= 4 is 22.9 Å². The van der Waals surface area contributed by atoms with Crippen molar-refractivity contribution in [1.82, 2.24) is 29.7 Å². The van der Waals surface area contributed by atoms with Crippen LogP contribution in [0, 0.1) is 5.82 Å². The molecule has 1 aromatic carbocycles. The Kier molecular flexibility index (Phi) is 4.64. The summed E-state index contributed by atoms with van der Waals surface area (Å²) in [6, 6.07) is 8.08. The molecular weight excluding hydrogens is 361 g/mol. The van der Waals surface area contributed by atoms with Crippen molar-refractivity contribution in [3.63, 3.8) is 0 Å². The molecule has 0 bridgehead atoms. The molecule has 0 fully saturated rings. The summed E-state index contributed by atoms with van der Waals surface area (Å²) >= 11 is 0.